The lowest BCUT2D eigenvalue weighted by Crippen LogP contribution is -2.26. The lowest BCUT2D eigenvalue weighted by Gasteiger charge is -2.20. The van der Waals surface area contributed by atoms with E-state index in [1.165, 1.54) is 39.9 Å². The summed E-state index contributed by atoms with van der Waals surface area (Å²) in [6.07, 6.45) is 0. The topological polar surface area (TPSA) is 224 Å². The van der Waals surface area contributed by atoms with Crippen molar-refractivity contribution < 1.29 is 71.9 Å². The van der Waals surface area contributed by atoms with Crippen molar-refractivity contribution in [3.63, 3.8) is 0 Å². The Morgan fingerprint density at radius 3 is 1.07 bits per heavy atom. The Kier molecular flexibility index (Phi) is 40.3. The Hall–Kier alpha value is -8.92. The van der Waals surface area contributed by atoms with E-state index in [1.54, 1.807) is 26.0 Å². The van der Waals surface area contributed by atoms with Gasteiger partial charge in [0.05, 0.1) is 47.7 Å². The predicted molar refractivity (Wildman–Crippen MR) is 379 cm³/mol. The fourth-order valence-electron chi connectivity index (χ4n) is 7.56. The molecule has 6 aromatic carbocycles. The van der Waals surface area contributed by atoms with Crippen LogP contribution in [0.5, 0.6) is 0 Å². The Labute approximate surface area is 572 Å². The molecule has 0 atom stereocenters. The van der Waals surface area contributed by atoms with Crippen LogP contribution in [-0.4, -0.2) is 71.6 Å². The minimum atomic E-state index is -0.967. The molecule has 1 aliphatic carbocycles. The van der Waals surface area contributed by atoms with Crippen molar-refractivity contribution in [1.82, 2.24) is 5.32 Å². The first-order valence-corrected chi connectivity index (χ1v) is 33.0. The molecule has 1 amide bonds. The number of carboxylic acid groups (broad SMARTS) is 1. The van der Waals surface area contributed by atoms with E-state index >= 15 is 0 Å². The number of nitrogens with one attached hydrogen (secondary N) is 1. The Morgan fingerprint density at radius 1 is 0.396 bits per heavy atom. The number of fused-ring (bicyclic) bond motifs is 3. The van der Waals surface area contributed by atoms with Crippen molar-refractivity contribution in [1.29, 1.82) is 0 Å². The highest BCUT2D eigenvalue weighted by Gasteiger charge is 2.29. The smallest absolute Gasteiger partial charge is 0.335 e. The minimum absolute atomic E-state index is 0.00116. The van der Waals surface area contributed by atoms with Crippen LogP contribution in [0.3, 0.4) is 0 Å². The molecular weight excluding hydrogens is 1210 g/mol. The van der Waals surface area contributed by atoms with Crippen molar-refractivity contribution in [2.75, 3.05) is 13.2 Å². The number of rotatable bonds is 20. The number of hydrogen-bond donors (Lipinski definition) is 2. The van der Waals surface area contributed by atoms with Crippen molar-refractivity contribution in [3.8, 4) is 11.1 Å². The molecule has 2 N–H and O–H groups in total. The lowest BCUT2D eigenvalue weighted by atomic mass is 9.98. The van der Waals surface area contributed by atoms with Crippen LogP contribution < -0.4 is 5.32 Å². The maximum absolute atomic E-state index is 11.7. The Balaban J connectivity index is 0.000000568. The summed E-state index contributed by atoms with van der Waals surface area (Å²) in [7, 11) is 0. The van der Waals surface area contributed by atoms with Gasteiger partial charge in [-0.05, 0) is 90.3 Å². The van der Waals surface area contributed by atoms with Crippen molar-refractivity contribution >= 4 is 47.7 Å². The largest absolute Gasteiger partial charge is 0.478 e. The first kappa shape index (κ1) is 85.1. The van der Waals surface area contributed by atoms with Gasteiger partial charge in [0.15, 0.2) is 0 Å². The minimum Gasteiger partial charge on any atom is -0.478 e. The second-order valence-corrected chi connectivity index (χ2v) is 26.5. The first-order valence-electron chi connectivity index (χ1n) is 33.0. The van der Waals surface area contributed by atoms with Crippen LogP contribution in [-0.2, 0) is 88.3 Å². The Morgan fingerprint density at radius 2 is 0.729 bits per heavy atom. The fourth-order valence-corrected chi connectivity index (χ4v) is 7.56. The molecule has 0 unspecified atom stereocenters. The van der Waals surface area contributed by atoms with E-state index in [4.69, 9.17) is 33.5 Å². The highest BCUT2D eigenvalue weighted by molar-refractivity contribution is 5.87. The van der Waals surface area contributed by atoms with E-state index in [0.717, 1.165) is 22.3 Å². The van der Waals surface area contributed by atoms with Crippen LogP contribution in [0.4, 0.5) is 0 Å². The van der Waals surface area contributed by atoms with E-state index < -0.39 is 5.97 Å². The van der Waals surface area contributed by atoms with Crippen LogP contribution in [0, 0.1) is 54.3 Å². The predicted octanol–water partition coefficient (Wildman–Crippen LogP) is 16.9. The summed E-state index contributed by atoms with van der Waals surface area (Å²) < 4.78 is 30.6. The molecule has 0 aromatic heterocycles. The van der Waals surface area contributed by atoms with E-state index in [1.807, 2.05) is 222 Å². The monoisotopic (exact) mass is 1320 g/mol. The van der Waals surface area contributed by atoms with Gasteiger partial charge >= 0.3 is 41.8 Å². The molecule has 1 aliphatic rings. The molecule has 0 fully saturated rings. The number of esters is 6. The van der Waals surface area contributed by atoms with Gasteiger partial charge in [0.2, 0.25) is 5.91 Å². The fraction of sp³-hybridized carbons (Fsp3) is 0.450. The van der Waals surface area contributed by atoms with Crippen LogP contribution in [0.1, 0.15) is 187 Å². The number of ether oxygens (including phenoxy) is 6. The summed E-state index contributed by atoms with van der Waals surface area (Å²) >= 11 is 0. The number of hydrogen-bond acceptors (Lipinski definition) is 14. The van der Waals surface area contributed by atoms with Gasteiger partial charge in [0.25, 0.3) is 0 Å². The lowest BCUT2D eigenvalue weighted by molar-refractivity contribution is -0.159. The highest BCUT2D eigenvalue weighted by Crippen LogP contribution is 2.44. The molecule has 0 spiro atoms. The SMILES string of the molecule is CC(C)C(=O)NCc1ccccc1.CC(C)C(=O)OC(C)(C)C.CC(C)C(=O)OCC1c2ccccc2-c2ccccc21.CC(C)C(=O)OCc1ccc(C(=O)O)cc1.CC(C)C(=O)OCc1ccccc1.CC(C)COC(=O)C(C)C.Cc1ccc(COC(=O)C(C)C)cc1. The first-order chi connectivity index (χ1) is 45.0. The Bertz CT molecular complexity index is 3150. The van der Waals surface area contributed by atoms with Crippen LogP contribution in [0.25, 0.3) is 11.1 Å². The zero-order valence-electron chi connectivity index (χ0n) is 60.6. The normalized spacial score (nSPS) is 11.0. The maximum atomic E-state index is 11.7. The molecule has 0 saturated carbocycles. The number of amides is 1. The van der Waals surface area contributed by atoms with Crippen molar-refractivity contribution in [2.45, 2.75) is 176 Å². The van der Waals surface area contributed by atoms with Crippen LogP contribution >= 0.6 is 0 Å². The number of carbonyl (C=O) groups excluding carboxylic acids is 7. The van der Waals surface area contributed by atoms with Crippen molar-refractivity contribution in [3.05, 3.63) is 202 Å². The van der Waals surface area contributed by atoms with Gasteiger partial charge in [0, 0.05) is 18.4 Å². The average molecular weight is 1320 g/mol. The molecule has 16 heteroatoms. The van der Waals surface area contributed by atoms with Gasteiger partial charge in [0.1, 0.15) is 32.0 Å². The molecule has 0 radical (unpaired) electrons. The zero-order valence-corrected chi connectivity index (χ0v) is 60.6. The quantitative estimate of drug-likeness (QED) is 0.0536. The van der Waals surface area contributed by atoms with E-state index in [0.29, 0.717) is 38.9 Å². The van der Waals surface area contributed by atoms with Crippen molar-refractivity contribution in [2.24, 2.45) is 47.3 Å². The maximum Gasteiger partial charge on any atom is 0.335 e. The second-order valence-electron chi connectivity index (χ2n) is 26.5. The van der Waals surface area contributed by atoms with E-state index in [2.05, 4.69) is 41.7 Å². The molecule has 0 bridgehead atoms. The second kappa shape index (κ2) is 45.5. The molecule has 0 aliphatic heterocycles. The number of aromatic carboxylic acids is 1. The van der Waals surface area contributed by atoms with Gasteiger partial charge < -0.3 is 38.8 Å². The molecule has 7 rings (SSSR count). The summed E-state index contributed by atoms with van der Waals surface area (Å²) in [5.74, 6) is -1.52. The van der Waals surface area contributed by atoms with E-state index in [-0.39, 0.29) is 107 Å². The number of carbonyl (C=O) groups is 8. The van der Waals surface area contributed by atoms with Crippen LogP contribution in [0.2, 0.25) is 0 Å². The third-order valence-corrected chi connectivity index (χ3v) is 13.3. The molecular formula is C80H109NO15. The highest BCUT2D eigenvalue weighted by atomic mass is 16.6. The van der Waals surface area contributed by atoms with Gasteiger partial charge in [-0.3, -0.25) is 33.6 Å². The molecule has 6 aromatic rings. The van der Waals surface area contributed by atoms with Gasteiger partial charge in [-0.15, -0.1) is 0 Å². The van der Waals surface area contributed by atoms with Gasteiger partial charge in [-0.2, -0.15) is 0 Å². The standard InChI is InChI=1S/C18H18O2.C12H14O4.C12H16O2.C11H15NO.C11H14O2.2C8H16O2/c1-12(2)18(19)20-11-17-15-9-5-3-7-13(15)14-8-4-6-10-16(14)17;1-8(2)12(15)16-7-9-3-5-10(6-4-9)11(13)14;1-9(2)12(13)14-8-11-6-4-10(3)5-7-11;1-9(2)11(13)12-8-10-6-4-3-5-7-10;1-9(2)11(12)13-8-10-6-4-3-5-7-10;1-6(2)7(9)10-8(3,4)5;1-6(2)5-10-8(9)7(3)4/h3-10,12,17H,11H2,1-2H3;3-6,8H,7H2,1-2H3,(H,13,14);4-7,9H,8H2,1-3H3;3-7,9H,8H2,1-2H3,(H,12,13);3-7,9H,8H2,1-2H3;6H,1-5H3;6-7H,5H2,1-4H3. The number of carboxylic acids is 1. The molecule has 0 heterocycles. The zero-order chi connectivity index (χ0) is 72.7. The molecule has 96 heavy (non-hydrogen) atoms. The number of benzene rings is 6. The summed E-state index contributed by atoms with van der Waals surface area (Å²) in [6, 6.07) is 50.5. The van der Waals surface area contributed by atoms with Gasteiger partial charge in [-0.1, -0.05) is 262 Å². The summed E-state index contributed by atoms with van der Waals surface area (Å²) in [6.45, 7) is 39.8. The third kappa shape index (κ3) is 36.7. The third-order valence-electron chi connectivity index (χ3n) is 13.3. The summed E-state index contributed by atoms with van der Waals surface area (Å²) in [5.41, 5.74) is 10.1. The van der Waals surface area contributed by atoms with Crippen LogP contribution in [0.15, 0.2) is 158 Å². The van der Waals surface area contributed by atoms with E-state index in [9.17, 15) is 38.4 Å². The van der Waals surface area contributed by atoms with Gasteiger partial charge in [-0.25, -0.2) is 4.79 Å². The summed E-state index contributed by atoms with van der Waals surface area (Å²) in [4.78, 5) is 88.7. The average Bonchev–Trinajstić information content (AvgIpc) is 1.62. The molecule has 16 nitrogen and oxygen atoms in total. The number of aryl methyl sites for hydroxylation is 1. The molecule has 0 saturated heterocycles. The summed E-state index contributed by atoms with van der Waals surface area (Å²) in [5, 5.41) is 11.5. The molecule has 524 valence electrons.